The van der Waals surface area contributed by atoms with E-state index in [0.717, 1.165) is 28.0 Å². The molecule has 192 valence electrons. The molecular weight excluding hydrogens is 535 g/mol. The Bertz CT molecular complexity index is 1410. The topological polar surface area (TPSA) is 110 Å². The van der Waals surface area contributed by atoms with Gasteiger partial charge in [-0.05, 0) is 41.0 Å². The molecule has 0 spiro atoms. The van der Waals surface area contributed by atoms with Crippen molar-refractivity contribution >= 4 is 44.2 Å². The van der Waals surface area contributed by atoms with Crippen molar-refractivity contribution in [2.45, 2.75) is 15.8 Å². The summed E-state index contributed by atoms with van der Waals surface area (Å²) < 4.78 is 46.7. The minimum atomic E-state index is -3.81. The highest BCUT2D eigenvalue weighted by atomic mass is 32.2. The highest BCUT2D eigenvalue weighted by Crippen LogP contribution is 2.27. The fourth-order valence-corrected chi connectivity index (χ4v) is 6.07. The fourth-order valence-electron chi connectivity index (χ4n) is 3.16. The lowest BCUT2D eigenvalue weighted by atomic mass is 10.1. The Balaban J connectivity index is 1.18. The third kappa shape index (κ3) is 8.09. The number of hydrogen-bond acceptors (Lipinski definition) is 8. The minimum Gasteiger partial charge on any atom is -0.367 e. The van der Waals surface area contributed by atoms with Crippen LogP contribution in [-0.4, -0.2) is 43.4 Å². The van der Waals surface area contributed by atoms with Gasteiger partial charge in [-0.3, -0.25) is 9.52 Å². The Morgan fingerprint density at radius 3 is 2.38 bits per heavy atom. The lowest BCUT2D eigenvalue weighted by molar-refractivity contribution is -0.125. The van der Waals surface area contributed by atoms with Crippen LogP contribution >= 0.6 is 23.1 Å². The van der Waals surface area contributed by atoms with Gasteiger partial charge in [-0.25, -0.2) is 12.8 Å². The van der Waals surface area contributed by atoms with Crippen LogP contribution in [0.15, 0.2) is 88.1 Å². The van der Waals surface area contributed by atoms with Gasteiger partial charge in [0.25, 0.3) is 10.0 Å². The largest absolute Gasteiger partial charge is 0.367 e. The van der Waals surface area contributed by atoms with Gasteiger partial charge in [0.1, 0.15) is 12.4 Å². The Labute approximate surface area is 222 Å². The highest BCUT2D eigenvalue weighted by molar-refractivity contribution is 8.01. The predicted molar refractivity (Wildman–Crippen MR) is 142 cm³/mol. The molecule has 0 radical (unpaired) electrons. The molecule has 12 heteroatoms. The van der Waals surface area contributed by atoms with Crippen LogP contribution in [0.3, 0.4) is 0 Å². The summed E-state index contributed by atoms with van der Waals surface area (Å²) in [6.07, 6.45) is 0. The molecule has 0 saturated heterocycles. The molecule has 1 aromatic heterocycles. The first kappa shape index (κ1) is 26.7. The second kappa shape index (κ2) is 12.8. The van der Waals surface area contributed by atoms with Crippen molar-refractivity contribution in [1.82, 2.24) is 15.5 Å². The molecular formula is C25H23FN4O4S3. The molecule has 37 heavy (non-hydrogen) atoms. The van der Waals surface area contributed by atoms with Crippen molar-refractivity contribution < 1.29 is 22.3 Å². The van der Waals surface area contributed by atoms with E-state index in [1.807, 2.05) is 30.3 Å². The van der Waals surface area contributed by atoms with E-state index in [-0.39, 0.29) is 35.0 Å². The molecule has 0 fully saturated rings. The number of carbonyl (C=O) groups is 1. The summed E-state index contributed by atoms with van der Waals surface area (Å²) in [5.41, 5.74) is 2.69. The Kier molecular flexibility index (Phi) is 9.23. The van der Waals surface area contributed by atoms with Crippen LogP contribution < -0.4 is 10.0 Å². The summed E-state index contributed by atoms with van der Waals surface area (Å²) in [4.78, 5) is 12.0. The molecule has 1 heterocycles. The van der Waals surface area contributed by atoms with Gasteiger partial charge < -0.3 is 10.1 Å². The molecule has 0 aliphatic heterocycles. The van der Waals surface area contributed by atoms with Crippen LogP contribution in [0.4, 0.5) is 9.52 Å². The lowest BCUT2D eigenvalue weighted by Crippen LogP contribution is -2.29. The van der Waals surface area contributed by atoms with Crippen LogP contribution in [0.5, 0.6) is 0 Å². The highest BCUT2D eigenvalue weighted by Gasteiger charge is 2.17. The minimum absolute atomic E-state index is 0.112. The molecule has 4 aromatic rings. The van der Waals surface area contributed by atoms with Crippen LogP contribution in [0, 0.1) is 5.82 Å². The van der Waals surface area contributed by atoms with Crippen LogP contribution in [0.1, 0.15) is 5.56 Å². The van der Waals surface area contributed by atoms with Crippen molar-refractivity contribution in [1.29, 1.82) is 0 Å². The van der Waals surface area contributed by atoms with E-state index in [1.165, 1.54) is 23.9 Å². The zero-order chi connectivity index (χ0) is 26.1. The van der Waals surface area contributed by atoms with Gasteiger partial charge >= 0.3 is 0 Å². The zero-order valence-corrected chi connectivity index (χ0v) is 21.9. The number of rotatable bonds is 12. The van der Waals surface area contributed by atoms with Crippen LogP contribution in [-0.2, 0) is 26.2 Å². The van der Waals surface area contributed by atoms with Crippen LogP contribution in [0.25, 0.3) is 11.1 Å². The van der Waals surface area contributed by atoms with Gasteiger partial charge in [0.05, 0.1) is 11.5 Å². The van der Waals surface area contributed by atoms with Crippen molar-refractivity contribution in [2.75, 3.05) is 23.6 Å². The van der Waals surface area contributed by atoms with E-state index < -0.39 is 10.0 Å². The van der Waals surface area contributed by atoms with Gasteiger partial charge in [0.2, 0.25) is 11.0 Å². The monoisotopic (exact) mass is 558 g/mol. The molecule has 0 saturated carbocycles. The lowest BCUT2D eigenvalue weighted by Gasteiger charge is -2.06. The fraction of sp³-hybridized carbons (Fsp3) is 0.160. The zero-order valence-electron chi connectivity index (χ0n) is 19.5. The summed E-state index contributed by atoms with van der Waals surface area (Å²) in [6, 6.07) is 22.2. The number of amides is 1. The SMILES string of the molecule is O=C(COCc1ccc(F)cc1)NCCSc1nnc(NS(=O)(=O)c2ccc(-c3ccccc3)cc2)s1. The average molecular weight is 559 g/mol. The van der Waals surface area contributed by atoms with Crippen molar-refractivity contribution in [3.63, 3.8) is 0 Å². The number of thioether (sulfide) groups is 1. The van der Waals surface area contributed by atoms with Crippen LogP contribution in [0.2, 0.25) is 0 Å². The third-order valence-corrected chi connectivity index (χ3v) is 8.42. The molecule has 0 bridgehead atoms. The molecule has 3 aromatic carbocycles. The van der Waals surface area contributed by atoms with Gasteiger partial charge in [-0.1, -0.05) is 77.7 Å². The second-order valence-corrected chi connectivity index (χ2v) is 11.7. The van der Waals surface area contributed by atoms with E-state index in [1.54, 1.807) is 36.4 Å². The third-order valence-electron chi connectivity index (χ3n) is 4.96. The van der Waals surface area contributed by atoms with Crippen molar-refractivity contribution in [2.24, 2.45) is 0 Å². The van der Waals surface area contributed by atoms with E-state index >= 15 is 0 Å². The number of sulfonamides is 1. The molecule has 4 rings (SSSR count). The van der Waals surface area contributed by atoms with Gasteiger partial charge in [0, 0.05) is 12.3 Å². The first-order valence-corrected chi connectivity index (χ1v) is 14.4. The predicted octanol–water partition coefficient (Wildman–Crippen LogP) is 4.57. The van der Waals surface area contributed by atoms with Crippen molar-refractivity contribution in [3.8, 4) is 11.1 Å². The van der Waals surface area contributed by atoms with E-state index in [2.05, 4.69) is 20.2 Å². The maximum Gasteiger partial charge on any atom is 0.263 e. The second-order valence-electron chi connectivity index (χ2n) is 7.69. The number of halogens is 1. The molecule has 0 aliphatic rings. The van der Waals surface area contributed by atoms with Crippen molar-refractivity contribution in [3.05, 3.63) is 90.2 Å². The number of benzene rings is 3. The number of hydrogen-bond donors (Lipinski definition) is 2. The standard InChI is InChI=1S/C25H23FN4O4S3/c26-21-10-6-18(7-11-21)16-34-17-23(31)27-14-15-35-25-29-28-24(36-25)30-37(32,33)22-12-8-20(9-13-22)19-4-2-1-3-5-19/h1-13H,14-17H2,(H,27,31)(H,28,30). The number of nitrogens with one attached hydrogen (secondary N) is 2. The first-order valence-electron chi connectivity index (χ1n) is 11.1. The normalized spacial score (nSPS) is 11.3. The smallest absolute Gasteiger partial charge is 0.263 e. The summed E-state index contributed by atoms with van der Waals surface area (Å²) in [5, 5.41) is 10.8. The molecule has 0 atom stereocenters. The summed E-state index contributed by atoms with van der Waals surface area (Å²) in [7, 11) is -3.81. The van der Waals surface area contributed by atoms with E-state index in [9.17, 15) is 17.6 Å². The molecule has 2 N–H and O–H groups in total. The van der Waals surface area contributed by atoms with Gasteiger partial charge in [0.15, 0.2) is 4.34 Å². The van der Waals surface area contributed by atoms with Gasteiger partial charge in [-0.15, -0.1) is 10.2 Å². The summed E-state index contributed by atoms with van der Waals surface area (Å²) in [5.74, 6) is -0.0778. The van der Waals surface area contributed by atoms with E-state index in [0.29, 0.717) is 16.6 Å². The maximum atomic E-state index is 12.9. The number of ether oxygens (including phenoxy) is 1. The molecule has 0 aliphatic carbocycles. The summed E-state index contributed by atoms with van der Waals surface area (Å²) >= 11 is 2.46. The molecule has 0 unspecified atom stereocenters. The van der Waals surface area contributed by atoms with E-state index in [4.69, 9.17) is 4.74 Å². The summed E-state index contributed by atoms with van der Waals surface area (Å²) in [6.45, 7) is 0.472. The Hall–Kier alpha value is -3.32. The molecule has 1 amide bonds. The van der Waals surface area contributed by atoms with Gasteiger partial charge in [-0.2, -0.15) is 0 Å². The average Bonchev–Trinajstić information content (AvgIpc) is 3.35. The number of anilines is 1. The number of nitrogens with zero attached hydrogens (tertiary/aromatic N) is 2. The Morgan fingerprint density at radius 2 is 1.65 bits per heavy atom. The number of carbonyl (C=O) groups excluding carboxylic acids is 1. The number of aromatic nitrogens is 2. The quantitative estimate of drug-likeness (QED) is 0.194. The maximum absolute atomic E-state index is 12.9. The Morgan fingerprint density at radius 1 is 0.946 bits per heavy atom. The first-order chi connectivity index (χ1) is 17.9. The molecule has 8 nitrogen and oxygen atoms in total.